The average Bonchev–Trinajstić information content (AvgIpc) is 1.97. The fraction of sp³-hybridized carbons (Fsp3) is 1.00. The van der Waals surface area contributed by atoms with Crippen molar-refractivity contribution in [2.75, 3.05) is 20.1 Å². The molecule has 0 aromatic carbocycles. The predicted octanol–water partition coefficient (Wildman–Crippen LogP) is 0.180. The van der Waals surface area contributed by atoms with Crippen LogP contribution in [0.5, 0.6) is 0 Å². The SMILES string of the molecule is CN(CCC(O)CN)C1CCC1. The molecule has 1 unspecified atom stereocenters. The topological polar surface area (TPSA) is 49.5 Å². The van der Waals surface area contributed by atoms with Gasteiger partial charge in [-0.1, -0.05) is 6.42 Å². The number of rotatable bonds is 5. The van der Waals surface area contributed by atoms with Crippen molar-refractivity contribution in [2.45, 2.75) is 37.8 Å². The van der Waals surface area contributed by atoms with E-state index in [9.17, 15) is 5.11 Å². The molecule has 0 aromatic heterocycles. The van der Waals surface area contributed by atoms with Crippen LogP contribution in [0, 0.1) is 0 Å². The van der Waals surface area contributed by atoms with E-state index in [2.05, 4.69) is 11.9 Å². The summed E-state index contributed by atoms with van der Waals surface area (Å²) in [5.74, 6) is 0. The highest BCUT2D eigenvalue weighted by Crippen LogP contribution is 2.23. The Balaban J connectivity index is 2.05. The fourth-order valence-electron chi connectivity index (χ4n) is 1.48. The largest absolute Gasteiger partial charge is 0.392 e. The fourth-order valence-corrected chi connectivity index (χ4v) is 1.48. The number of nitrogens with zero attached hydrogens (tertiary/aromatic N) is 1. The zero-order chi connectivity index (χ0) is 8.97. The smallest absolute Gasteiger partial charge is 0.0674 e. The summed E-state index contributed by atoms with van der Waals surface area (Å²) in [5, 5.41) is 9.23. The number of aliphatic hydroxyl groups excluding tert-OH is 1. The van der Waals surface area contributed by atoms with Crippen LogP contribution in [0.4, 0.5) is 0 Å². The maximum absolute atomic E-state index is 9.23. The van der Waals surface area contributed by atoms with Gasteiger partial charge in [0, 0.05) is 19.1 Å². The van der Waals surface area contributed by atoms with Gasteiger partial charge in [0.2, 0.25) is 0 Å². The molecule has 0 radical (unpaired) electrons. The molecule has 1 fully saturated rings. The molecule has 3 heteroatoms. The van der Waals surface area contributed by atoms with Crippen molar-refractivity contribution in [3.05, 3.63) is 0 Å². The molecule has 0 aromatic rings. The van der Waals surface area contributed by atoms with Gasteiger partial charge in [0.05, 0.1) is 6.10 Å². The molecule has 1 rings (SSSR count). The highest BCUT2D eigenvalue weighted by atomic mass is 16.3. The number of hydrogen-bond donors (Lipinski definition) is 2. The van der Waals surface area contributed by atoms with Gasteiger partial charge in [-0.05, 0) is 26.3 Å². The molecule has 72 valence electrons. The average molecular weight is 172 g/mol. The summed E-state index contributed by atoms with van der Waals surface area (Å²) in [6, 6.07) is 0.773. The van der Waals surface area contributed by atoms with Gasteiger partial charge >= 0.3 is 0 Å². The van der Waals surface area contributed by atoms with Crippen molar-refractivity contribution in [3.63, 3.8) is 0 Å². The van der Waals surface area contributed by atoms with Gasteiger partial charge in [-0.2, -0.15) is 0 Å². The van der Waals surface area contributed by atoms with Crippen LogP contribution in [-0.2, 0) is 0 Å². The minimum atomic E-state index is -0.312. The third kappa shape index (κ3) is 2.73. The summed E-state index contributed by atoms with van der Waals surface area (Å²) in [5.41, 5.74) is 5.31. The van der Waals surface area contributed by atoms with E-state index in [1.54, 1.807) is 0 Å². The van der Waals surface area contributed by atoms with Crippen LogP contribution in [0.15, 0.2) is 0 Å². The van der Waals surface area contributed by atoms with Crippen LogP contribution in [0.2, 0.25) is 0 Å². The number of nitrogens with two attached hydrogens (primary N) is 1. The molecule has 0 bridgehead atoms. The molecule has 0 heterocycles. The van der Waals surface area contributed by atoms with E-state index in [0.29, 0.717) is 6.54 Å². The van der Waals surface area contributed by atoms with Gasteiger partial charge in [-0.25, -0.2) is 0 Å². The summed E-state index contributed by atoms with van der Waals surface area (Å²) in [6.45, 7) is 1.36. The molecular weight excluding hydrogens is 152 g/mol. The predicted molar refractivity (Wildman–Crippen MR) is 49.9 cm³/mol. The van der Waals surface area contributed by atoms with Crippen LogP contribution < -0.4 is 5.73 Å². The first-order valence-electron chi connectivity index (χ1n) is 4.82. The summed E-state index contributed by atoms with van der Waals surface area (Å²) in [4.78, 5) is 2.34. The molecule has 1 aliphatic carbocycles. The maximum atomic E-state index is 9.23. The lowest BCUT2D eigenvalue weighted by Crippen LogP contribution is -2.39. The normalized spacial score (nSPS) is 21.0. The highest BCUT2D eigenvalue weighted by molar-refractivity contribution is 4.78. The van der Waals surface area contributed by atoms with Crippen molar-refractivity contribution in [1.29, 1.82) is 0 Å². The second kappa shape index (κ2) is 4.80. The van der Waals surface area contributed by atoms with Crippen molar-refractivity contribution < 1.29 is 5.11 Å². The van der Waals surface area contributed by atoms with E-state index >= 15 is 0 Å². The van der Waals surface area contributed by atoms with Gasteiger partial charge in [0.25, 0.3) is 0 Å². The van der Waals surface area contributed by atoms with Crippen molar-refractivity contribution in [1.82, 2.24) is 4.90 Å². The van der Waals surface area contributed by atoms with E-state index in [1.165, 1.54) is 19.3 Å². The monoisotopic (exact) mass is 172 g/mol. The van der Waals surface area contributed by atoms with Gasteiger partial charge in [0.15, 0.2) is 0 Å². The van der Waals surface area contributed by atoms with Crippen LogP contribution >= 0.6 is 0 Å². The molecule has 3 nitrogen and oxygen atoms in total. The summed E-state index contributed by atoms with van der Waals surface area (Å²) < 4.78 is 0. The zero-order valence-corrected chi connectivity index (χ0v) is 7.87. The van der Waals surface area contributed by atoms with Gasteiger partial charge < -0.3 is 15.7 Å². The van der Waals surface area contributed by atoms with Crippen LogP contribution in [0.25, 0.3) is 0 Å². The Morgan fingerprint density at radius 2 is 2.25 bits per heavy atom. The van der Waals surface area contributed by atoms with Crippen molar-refractivity contribution in [2.24, 2.45) is 5.73 Å². The quantitative estimate of drug-likeness (QED) is 0.622. The molecule has 0 amide bonds. The first-order chi connectivity index (χ1) is 5.74. The molecule has 1 aliphatic rings. The highest BCUT2D eigenvalue weighted by Gasteiger charge is 2.21. The Morgan fingerprint density at radius 1 is 1.58 bits per heavy atom. The second-order valence-corrected chi connectivity index (χ2v) is 3.74. The standard InChI is InChI=1S/C9H20N2O/c1-11(8-3-2-4-8)6-5-9(12)7-10/h8-9,12H,2-7,10H2,1H3. The lowest BCUT2D eigenvalue weighted by Gasteiger charge is -2.35. The van der Waals surface area contributed by atoms with E-state index in [-0.39, 0.29) is 6.10 Å². The Morgan fingerprint density at radius 3 is 2.67 bits per heavy atom. The molecule has 0 spiro atoms. The van der Waals surface area contributed by atoms with E-state index in [4.69, 9.17) is 5.73 Å². The van der Waals surface area contributed by atoms with Crippen molar-refractivity contribution in [3.8, 4) is 0 Å². The first-order valence-corrected chi connectivity index (χ1v) is 4.82. The summed E-state index contributed by atoms with van der Waals surface area (Å²) in [7, 11) is 2.13. The first kappa shape index (κ1) is 9.96. The molecule has 1 saturated carbocycles. The van der Waals surface area contributed by atoms with Gasteiger partial charge in [-0.15, -0.1) is 0 Å². The Kier molecular flexibility index (Phi) is 3.98. The van der Waals surface area contributed by atoms with E-state index in [1.807, 2.05) is 0 Å². The minimum absolute atomic E-state index is 0.312. The summed E-state index contributed by atoms with van der Waals surface area (Å²) >= 11 is 0. The molecular formula is C9H20N2O. The third-order valence-corrected chi connectivity index (χ3v) is 2.79. The van der Waals surface area contributed by atoms with Crippen LogP contribution in [0.3, 0.4) is 0 Å². The lowest BCUT2D eigenvalue weighted by atomic mass is 9.92. The molecule has 3 N–H and O–H groups in total. The van der Waals surface area contributed by atoms with E-state index < -0.39 is 0 Å². The Bertz CT molecular complexity index is 126. The Hall–Kier alpha value is -0.120. The Labute approximate surface area is 74.5 Å². The number of hydrogen-bond acceptors (Lipinski definition) is 3. The zero-order valence-electron chi connectivity index (χ0n) is 7.87. The molecule has 12 heavy (non-hydrogen) atoms. The lowest BCUT2D eigenvalue weighted by molar-refractivity contribution is 0.115. The molecule has 0 saturated heterocycles. The minimum Gasteiger partial charge on any atom is -0.392 e. The van der Waals surface area contributed by atoms with E-state index in [0.717, 1.165) is 19.0 Å². The summed E-state index contributed by atoms with van der Waals surface area (Å²) in [6.07, 6.45) is 4.52. The number of aliphatic hydroxyl groups is 1. The second-order valence-electron chi connectivity index (χ2n) is 3.74. The van der Waals surface area contributed by atoms with Gasteiger partial charge in [0.1, 0.15) is 0 Å². The van der Waals surface area contributed by atoms with Gasteiger partial charge in [-0.3, -0.25) is 0 Å². The molecule has 1 atom stereocenters. The third-order valence-electron chi connectivity index (χ3n) is 2.79. The molecule has 0 aliphatic heterocycles. The van der Waals surface area contributed by atoms with Crippen molar-refractivity contribution >= 4 is 0 Å². The van der Waals surface area contributed by atoms with Crippen LogP contribution in [-0.4, -0.2) is 42.3 Å². The maximum Gasteiger partial charge on any atom is 0.0674 e. The van der Waals surface area contributed by atoms with Crippen LogP contribution in [0.1, 0.15) is 25.7 Å².